The van der Waals surface area contributed by atoms with E-state index in [1.807, 2.05) is 38.1 Å². The number of amides is 1. The van der Waals surface area contributed by atoms with Crippen molar-refractivity contribution in [1.82, 2.24) is 0 Å². The Morgan fingerprint density at radius 1 is 1.30 bits per heavy atom. The fourth-order valence-electron chi connectivity index (χ4n) is 3.02. The summed E-state index contributed by atoms with van der Waals surface area (Å²) in [6.45, 7) is 6.16. The molecular formula is C16H19NO3. The van der Waals surface area contributed by atoms with Crippen molar-refractivity contribution in [3.63, 3.8) is 0 Å². The lowest BCUT2D eigenvalue weighted by Crippen LogP contribution is -2.51. The molecule has 0 saturated carbocycles. The molecular weight excluding hydrogens is 254 g/mol. The topological polar surface area (TPSA) is 57.6 Å². The highest BCUT2D eigenvalue weighted by Gasteiger charge is 2.38. The van der Waals surface area contributed by atoms with E-state index >= 15 is 0 Å². The predicted octanol–water partition coefficient (Wildman–Crippen LogP) is 2.95. The Kier molecular flexibility index (Phi) is 3.66. The fraction of sp³-hybridized carbons (Fsp3) is 0.375. The van der Waals surface area contributed by atoms with Crippen LogP contribution >= 0.6 is 0 Å². The number of carboxylic acid groups (broad SMARTS) is 1. The summed E-state index contributed by atoms with van der Waals surface area (Å²) >= 11 is 0. The molecule has 1 amide bonds. The molecule has 20 heavy (non-hydrogen) atoms. The third-order valence-corrected chi connectivity index (χ3v) is 3.71. The van der Waals surface area contributed by atoms with E-state index in [-0.39, 0.29) is 11.4 Å². The number of benzene rings is 1. The Morgan fingerprint density at radius 3 is 2.60 bits per heavy atom. The van der Waals surface area contributed by atoms with Crippen LogP contribution in [0, 0.1) is 0 Å². The van der Waals surface area contributed by atoms with Crippen molar-refractivity contribution in [2.75, 3.05) is 4.90 Å². The van der Waals surface area contributed by atoms with Crippen LogP contribution in [-0.4, -0.2) is 22.5 Å². The molecule has 2 rings (SSSR count). The van der Waals surface area contributed by atoms with E-state index in [9.17, 15) is 9.59 Å². The Labute approximate surface area is 118 Å². The summed E-state index contributed by atoms with van der Waals surface area (Å²) in [6.07, 6.45) is 2.85. The molecule has 1 unspecified atom stereocenters. The molecule has 106 valence electrons. The molecule has 0 aliphatic carbocycles. The Balaban J connectivity index is 2.46. The number of aliphatic carboxylic acids is 1. The van der Waals surface area contributed by atoms with Gasteiger partial charge in [0.2, 0.25) is 0 Å². The summed E-state index contributed by atoms with van der Waals surface area (Å²) in [4.78, 5) is 24.6. The summed E-state index contributed by atoms with van der Waals surface area (Å²) in [5.74, 6) is -1.04. The number of hydrogen-bond acceptors (Lipinski definition) is 2. The van der Waals surface area contributed by atoms with Gasteiger partial charge in [-0.1, -0.05) is 25.1 Å². The van der Waals surface area contributed by atoms with Crippen molar-refractivity contribution < 1.29 is 14.7 Å². The van der Waals surface area contributed by atoms with Gasteiger partial charge < -0.3 is 10.0 Å². The highest BCUT2D eigenvalue weighted by molar-refractivity contribution is 6.05. The zero-order valence-electron chi connectivity index (χ0n) is 12.0. The van der Waals surface area contributed by atoms with Gasteiger partial charge in [0.15, 0.2) is 0 Å². The number of hydrogen-bond donors (Lipinski definition) is 1. The molecule has 1 aromatic carbocycles. The van der Waals surface area contributed by atoms with Crippen LogP contribution in [0.4, 0.5) is 5.69 Å². The monoisotopic (exact) mass is 273 g/mol. The van der Waals surface area contributed by atoms with Crippen LogP contribution in [0.25, 0.3) is 0 Å². The van der Waals surface area contributed by atoms with Crippen LogP contribution in [0.5, 0.6) is 0 Å². The van der Waals surface area contributed by atoms with Crippen molar-refractivity contribution in [2.24, 2.45) is 0 Å². The summed E-state index contributed by atoms with van der Waals surface area (Å²) in [6, 6.07) is 7.80. The molecule has 1 N–H and O–H groups in total. The second kappa shape index (κ2) is 5.12. The normalized spacial score (nSPS) is 20.8. The summed E-state index contributed by atoms with van der Waals surface area (Å²) in [7, 11) is 0. The lowest BCUT2D eigenvalue weighted by atomic mass is 9.80. The summed E-state index contributed by atoms with van der Waals surface area (Å²) in [5.41, 5.74) is 1.66. The van der Waals surface area contributed by atoms with Gasteiger partial charge in [-0.05, 0) is 37.8 Å². The summed E-state index contributed by atoms with van der Waals surface area (Å²) in [5, 5.41) is 8.67. The van der Waals surface area contributed by atoms with Gasteiger partial charge in [0.1, 0.15) is 0 Å². The third-order valence-electron chi connectivity index (χ3n) is 3.71. The van der Waals surface area contributed by atoms with Crippen LogP contribution in [-0.2, 0) is 9.59 Å². The minimum atomic E-state index is -1.12. The quantitative estimate of drug-likeness (QED) is 0.843. The van der Waals surface area contributed by atoms with Gasteiger partial charge in [-0.3, -0.25) is 4.79 Å². The molecule has 4 heteroatoms. The van der Waals surface area contributed by atoms with Crippen molar-refractivity contribution >= 4 is 17.6 Å². The molecule has 0 saturated heterocycles. The average Bonchev–Trinajstić information content (AvgIpc) is 2.35. The first-order valence-electron chi connectivity index (χ1n) is 6.67. The first kappa shape index (κ1) is 14.3. The van der Waals surface area contributed by atoms with E-state index in [0.717, 1.165) is 29.8 Å². The van der Waals surface area contributed by atoms with Gasteiger partial charge in [-0.15, -0.1) is 0 Å². The van der Waals surface area contributed by atoms with Crippen LogP contribution in [0.1, 0.15) is 38.7 Å². The second-order valence-corrected chi connectivity index (χ2v) is 5.82. The molecule has 1 aliphatic rings. The van der Waals surface area contributed by atoms with E-state index < -0.39 is 5.97 Å². The van der Waals surface area contributed by atoms with Gasteiger partial charge in [-0.25, -0.2) is 4.79 Å². The zero-order valence-corrected chi connectivity index (χ0v) is 12.0. The highest BCUT2D eigenvalue weighted by atomic mass is 16.4. The largest absolute Gasteiger partial charge is 0.478 e. The van der Waals surface area contributed by atoms with Gasteiger partial charge in [0.25, 0.3) is 5.91 Å². The number of carbonyl (C=O) groups is 2. The Morgan fingerprint density at radius 2 is 1.95 bits per heavy atom. The molecule has 0 spiro atoms. The van der Waals surface area contributed by atoms with Gasteiger partial charge in [0, 0.05) is 23.4 Å². The minimum absolute atomic E-state index is 0.295. The van der Waals surface area contributed by atoms with Crippen molar-refractivity contribution in [2.45, 2.75) is 38.6 Å². The molecule has 0 fully saturated rings. The maximum atomic E-state index is 12.4. The molecule has 4 nitrogen and oxygen atoms in total. The molecule has 1 heterocycles. The average molecular weight is 273 g/mol. The molecule has 0 aromatic heterocycles. The SMILES string of the molecule is CC1CC(C)(C)N(C(=O)/C=C/C(=O)O)c2ccccc21. The first-order chi connectivity index (χ1) is 9.33. The molecule has 1 atom stereocenters. The molecule has 0 bridgehead atoms. The first-order valence-corrected chi connectivity index (χ1v) is 6.67. The van der Waals surface area contributed by atoms with Crippen LogP contribution < -0.4 is 4.90 Å². The standard InChI is InChI=1S/C16H19NO3/c1-11-10-16(2,3)17(14(18)8-9-15(19)20)13-7-5-4-6-12(11)13/h4-9,11H,10H2,1-3H3,(H,19,20)/b9-8+. The highest BCUT2D eigenvalue weighted by Crippen LogP contribution is 2.43. The number of anilines is 1. The van der Waals surface area contributed by atoms with E-state index in [1.54, 1.807) is 4.90 Å². The molecule has 1 aromatic rings. The molecule has 1 aliphatic heterocycles. The fourth-order valence-corrected chi connectivity index (χ4v) is 3.02. The van der Waals surface area contributed by atoms with Crippen LogP contribution in [0.15, 0.2) is 36.4 Å². The zero-order chi connectivity index (χ0) is 14.9. The Bertz CT molecular complexity index is 575. The maximum Gasteiger partial charge on any atom is 0.328 e. The lowest BCUT2D eigenvalue weighted by Gasteiger charge is -2.45. The smallest absolute Gasteiger partial charge is 0.328 e. The van der Waals surface area contributed by atoms with Gasteiger partial charge in [0.05, 0.1) is 0 Å². The summed E-state index contributed by atoms with van der Waals surface area (Å²) < 4.78 is 0. The predicted molar refractivity (Wildman–Crippen MR) is 77.8 cm³/mol. The minimum Gasteiger partial charge on any atom is -0.478 e. The number of nitrogens with zero attached hydrogens (tertiary/aromatic N) is 1. The number of para-hydroxylation sites is 1. The Hall–Kier alpha value is -2.10. The van der Waals surface area contributed by atoms with Gasteiger partial charge >= 0.3 is 5.97 Å². The van der Waals surface area contributed by atoms with E-state index in [2.05, 4.69) is 6.92 Å². The molecule has 0 radical (unpaired) electrons. The van der Waals surface area contributed by atoms with E-state index in [0.29, 0.717) is 5.92 Å². The number of rotatable bonds is 2. The van der Waals surface area contributed by atoms with Gasteiger partial charge in [-0.2, -0.15) is 0 Å². The number of carbonyl (C=O) groups excluding carboxylic acids is 1. The lowest BCUT2D eigenvalue weighted by molar-refractivity contribution is -0.131. The third kappa shape index (κ3) is 2.59. The van der Waals surface area contributed by atoms with Crippen LogP contribution in [0.2, 0.25) is 0 Å². The van der Waals surface area contributed by atoms with E-state index in [4.69, 9.17) is 5.11 Å². The van der Waals surface area contributed by atoms with Crippen molar-refractivity contribution in [1.29, 1.82) is 0 Å². The van der Waals surface area contributed by atoms with Crippen LogP contribution in [0.3, 0.4) is 0 Å². The van der Waals surface area contributed by atoms with Crippen molar-refractivity contribution in [3.05, 3.63) is 42.0 Å². The second-order valence-electron chi connectivity index (χ2n) is 5.82. The maximum absolute atomic E-state index is 12.4. The number of fused-ring (bicyclic) bond motifs is 1. The number of carboxylic acids is 1. The van der Waals surface area contributed by atoms with Crippen molar-refractivity contribution in [3.8, 4) is 0 Å². The van der Waals surface area contributed by atoms with E-state index in [1.165, 1.54) is 0 Å².